The van der Waals surface area contributed by atoms with E-state index in [1.54, 1.807) is 29.1 Å². The predicted molar refractivity (Wildman–Crippen MR) is 105 cm³/mol. The number of likely N-dealkylation sites (N-methyl/N-ethyl adjacent to an activating group) is 1. The third-order valence-corrected chi connectivity index (χ3v) is 6.00. The summed E-state index contributed by atoms with van der Waals surface area (Å²) in [6.45, 7) is 8.60. The molecule has 7 nitrogen and oxygen atoms in total. The summed E-state index contributed by atoms with van der Waals surface area (Å²) in [5.41, 5.74) is 0.285. The summed E-state index contributed by atoms with van der Waals surface area (Å²) < 4.78 is 5.63. The molecule has 0 aromatic carbocycles. The van der Waals surface area contributed by atoms with E-state index in [1.165, 1.54) is 0 Å². The Morgan fingerprint density at radius 2 is 1.93 bits per heavy atom. The summed E-state index contributed by atoms with van der Waals surface area (Å²) in [6, 6.07) is 3.27. The summed E-state index contributed by atoms with van der Waals surface area (Å²) >= 11 is 1.59. The minimum Gasteiger partial charge on any atom is -0.444 e. The Balaban J connectivity index is 1.83. The summed E-state index contributed by atoms with van der Waals surface area (Å²) in [4.78, 5) is 36.0. The van der Waals surface area contributed by atoms with Crippen LogP contribution in [0.1, 0.15) is 31.7 Å². The molecular weight excluding hydrogens is 364 g/mol. The summed E-state index contributed by atoms with van der Waals surface area (Å²) in [5.74, 6) is 0.567. The SMILES string of the molecule is CN1CCN(C(=O)[C@@H]2CSC(c3cccnc3)N2C(=O)OC(C)(C)C)CC1. The van der Waals surface area contributed by atoms with Crippen LogP contribution in [-0.4, -0.2) is 82.3 Å². The average molecular weight is 393 g/mol. The fourth-order valence-electron chi connectivity index (χ4n) is 3.25. The first-order valence-corrected chi connectivity index (χ1v) is 10.3. The van der Waals surface area contributed by atoms with Crippen LogP contribution >= 0.6 is 11.8 Å². The molecule has 8 heteroatoms. The first-order chi connectivity index (χ1) is 12.8. The van der Waals surface area contributed by atoms with Crippen LogP contribution < -0.4 is 0 Å². The smallest absolute Gasteiger partial charge is 0.412 e. The van der Waals surface area contributed by atoms with E-state index in [4.69, 9.17) is 4.74 Å². The number of hydrogen-bond acceptors (Lipinski definition) is 6. The Morgan fingerprint density at radius 1 is 1.22 bits per heavy atom. The molecule has 0 bridgehead atoms. The van der Waals surface area contributed by atoms with E-state index >= 15 is 0 Å². The van der Waals surface area contributed by atoms with E-state index in [0.717, 1.165) is 18.7 Å². The Morgan fingerprint density at radius 3 is 2.52 bits per heavy atom. The Bertz CT molecular complexity index is 671. The fraction of sp³-hybridized carbons (Fsp3) is 0.632. The average Bonchev–Trinajstić information content (AvgIpc) is 3.06. The van der Waals surface area contributed by atoms with Gasteiger partial charge in [-0.3, -0.25) is 14.7 Å². The molecule has 2 amide bonds. The van der Waals surface area contributed by atoms with Crippen LogP contribution in [0.15, 0.2) is 24.5 Å². The highest BCUT2D eigenvalue weighted by atomic mass is 32.2. The van der Waals surface area contributed by atoms with Crippen LogP contribution in [0.5, 0.6) is 0 Å². The number of thioether (sulfide) groups is 1. The van der Waals surface area contributed by atoms with Crippen LogP contribution in [0.3, 0.4) is 0 Å². The van der Waals surface area contributed by atoms with Gasteiger partial charge in [0.25, 0.3) is 0 Å². The third kappa shape index (κ3) is 4.73. The molecule has 2 saturated heterocycles. The second-order valence-corrected chi connectivity index (χ2v) is 9.12. The minimum atomic E-state index is -0.620. The molecule has 2 aliphatic rings. The van der Waals surface area contributed by atoms with Gasteiger partial charge in [0.2, 0.25) is 5.91 Å². The number of pyridine rings is 1. The van der Waals surface area contributed by atoms with Gasteiger partial charge >= 0.3 is 6.09 Å². The summed E-state index contributed by atoms with van der Waals surface area (Å²) in [5, 5.41) is -0.269. The lowest BCUT2D eigenvalue weighted by Gasteiger charge is -2.37. The fourth-order valence-corrected chi connectivity index (χ4v) is 4.64. The second kappa shape index (κ2) is 8.06. The number of ether oxygens (including phenoxy) is 1. The van der Waals surface area contributed by atoms with E-state index < -0.39 is 17.7 Å². The van der Waals surface area contributed by atoms with E-state index in [0.29, 0.717) is 18.8 Å². The molecule has 0 spiro atoms. The van der Waals surface area contributed by atoms with Crippen LogP contribution in [0, 0.1) is 0 Å². The van der Waals surface area contributed by atoms with Crippen LogP contribution in [-0.2, 0) is 9.53 Å². The quantitative estimate of drug-likeness (QED) is 0.769. The number of rotatable bonds is 2. The number of carbonyl (C=O) groups excluding carboxylic acids is 2. The lowest BCUT2D eigenvalue weighted by atomic mass is 10.1. The van der Waals surface area contributed by atoms with Crippen LogP contribution in [0.2, 0.25) is 0 Å². The molecule has 3 rings (SSSR count). The first kappa shape index (κ1) is 19.9. The summed E-state index contributed by atoms with van der Waals surface area (Å²) in [6.07, 6.45) is 3.00. The Hall–Kier alpha value is -1.80. The van der Waals surface area contributed by atoms with Crippen LogP contribution in [0.4, 0.5) is 4.79 Å². The van der Waals surface area contributed by atoms with Crippen molar-refractivity contribution in [3.63, 3.8) is 0 Å². The molecule has 2 fully saturated rings. The molecule has 0 N–H and O–H groups in total. The topological polar surface area (TPSA) is 66.0 Å². The number of carbonyl (C=O) groups is 2. The molecule has 27 heavy (non-hydrogen) atoms. The molecule has 148 valence electrons. The monoisotopic (exact) mass is 392 g/mol. The zero-order valence-electron chi connectivity index (χ0n) is 16.4. The largest absolute Gasteiger partial charge is 0.444 e. The van der Waals surface area contributed by atoms with Crippen molar-refractivity contribution in [3.05, 3.63) is 30.1 Å². The van der Waals surface area contributed by atoms with Gasteiger partial charge in [-0.25, -0.2) is 4.79 Å². The Kier molecular flexibility index (Phi) is 5.95. The molecule has 0 saturated carbocycles. The van der Waals surface area contributed by atoms with Gasteiger partial charge in [-0.05, 0) is 33.9 Å². The maximum Gasteiger partial charge on any atom is 0.412 e. The zero-order valence-corrected chi connectivity index (χ0v) is 17.2. The Labute approximate surface area is 165 Å². The normalized spacial score (nSPS) is 24.1. The van der Waals surface area contributed by atoms with Crippen molar-refractivity contribution in [2.24, 2.45) is 0 Å². The summed E-state index contributed by atoms with van der Waals surface area (Å²) in [7, 11) is 2.05. The molecule has 1 unspecified atom stereocenters. The van der Waals surface area contributed by atoms with Crippen molar-refractivity contribution in [3.8, 4) is 0 Å². The van der Waals surface area contributed by atoms with E-state index in [9.17, 15) is 9.59 Å². The number of hydrogen-bond donors (Lipinski definition) is 0. The van der Waals surface area contributed by atoms with Crippen molar-refractivity contribution >= 4 is 23.8 Å². The van der Waals surface area contributed by atoms with Crippen molar-refractivity contribution < 1.29 is 14.3 Å². The molecule has 2 aliphatic heterocycles. The number of amides is 2. The molecule has 1 aromatic rings. The molecular formula is C19H28N4O3S. The maximum atomic E-state index is 13.2. The first-order valence-electron chi connectivity index (χ1n) is 9.26. The van der Waals surface area contributed by atoms with Crippen molar-refractivity contribution in [1.29, 1.82) is 0 Å². The lowest BCUT2D eigenvalue weighted by Crippen LogP contribution is -2.55. The molecule has 0 aliphatic carbocycles. The highest BCUT2D eigenvalue weighted by molar-refractivity contribution is 7.99. The lowest BCUT2D eigenvalue weighted by molar-refractivity contribution is -0.137. The standard InChI is InChI=1S/C19H28N4O3S/c1-19(2,3)26-18(25)23-15(16(24)22-10-8-21(4)9-11-22)13-27-17(23)14-6-5-7-20-12-14/h5-7,12,15,17H,8-11,13H2,1-4H3/t15-,17?/m0/s1. The van der Waals surface area contributed by atoms with Crippen molar-refractivity contribution in [2.75, 3.05) is 39.0 Å². The predicted octanol–water partition coefficient (Wildman–Crippen LogP) is 2.21. The second-order valence-electron chi connectivity index (χ2n) is 8.00. The van der Waals surface area contributed by atoms with Crippen LogP contribution in [0.25, 0.3) is 0 Å². The number of piperazine rings is 1. The van der Waals surface area contributed by atoms with Crippen molar-refractivity contribution in [2.45, 2.75) is 37.8 Å². The van der Waals surface area contributed by atoms with Gasteiger partial charge in [-0.1, -0.05) is 6.07 Å². The van der Waals surface area contributed by atoms with E-state index in [-0.39, 0.29) is 11.3 Å². The van der Waals surface area contributed by atoms with Gasteiger partial charge in [-0.15, -0.1) is 11.8 Å². The molecule has 0 radical (unpaired) electrons. The van der Waals surface area contributed by atoms with Gasteiger partial charge in [0.1, 0.15) is 17.0 Å². The van der Waals surface area contributed by atoms with Gasteiger partial charge in [0, 0.05) is 49.9 Å². The molecule has 1 aromatic heterocycles. The molecule has 3 heterocycles. The third-order valence-electron chi connectivity index (χ3n) is 4.67. The van der Waals surface area contributed by atoms with E-state index in [1.807, 2.05) is 37.8 Å². The highest BCUT2D eigenvalue weighted by Crippen LogP contribution is 2.42. The van der Waals surface area contributed by atoms with Gasteiger partial charge < -0.3 is 14.5 Å². The highest BCUT2D eigenvalue weighted by Gasteiger charge is 2.45. The number of nitrogens with zero attached hydrogens (tertiary/aromatic N) is 4. The van der Waals surface area contributed by atoms with E-state index in [2.05, 4.69) is 16.9 Å². The van der Waals surface area contributed by atoms with Gasteiger partial charge in [0.15, 0.2) is 0 Å². The molecule has 2 atom stereocenters. The minimum absolute atomic E-state index is 0.00727. The van der Waals surface area contributed by atoms with Gasteiger partial charge in [-0.2, -0.15) is 0 Å². The maximum absolute atomic E-state index is 13.2. The number of aromatic nitrogens is 1. The zero-order chi connectivity index (χ0) is 19.6. The van der Waals surface area contributed by atoms with Gasteiger partial charge in [0.05, 0.1) is 0 Å². The van der Waals surface area contributed by atoms with Crippen molar-refractivity contribution in [1.82, 2.24) is 19.7 Å².